The van der Waals surface area contributed by atoms with Crippen LogP contribution in [0.5, 0.6) is 11.5 Å². The molecule has 0 spiro atoms. The van der Waals surface area contributed by atoms with Gasteiger partial charge in [-0.2, -0.15) is 0 Å². The van der Waals surface area contributed by atoms with Gasteiger partial charge in [0, 0.05) is 4.47 Å². The molecule has 0 radical (unpaired) electrons. The highest BCUT2D eigenvalue weighted by Crippen LogP contribution is 2.24. The minimum Gasteiger partial charge on any atom is -0.490 e. The number of carbonyl (C=O) groups is 3. The van der Waals surface area contributed by atoms with Gasteiger partial charge in [-0.15, -0.1) is 0 Å². The summed E-state index contributed by atoms with van der Waals surface area (Å²) in [6.45, 7) is 4.91. The highest BCUT2D eigenvalue weighted by atomic mass is 79.9. The molecule has 1 fully saturated rings. The number of imide groups is 2. The fourth-order valence-corrected chi connectivity index (χ4v) is 4.00. The number of hydrogen-bond acceptors (Lipinski definition) is 5. The Labute approximate surface area is 217 Å². The summed E-state index contributed by atoms with van der Waals surface area (Å²) >= 11 is 3.32. The largest absolute Gasteiger partial charge is 0.490 e. The molecule has 1 heterocycles. The molecule has 0 saturated carbocycles. The second-order valence-electron chi connectivity index (χ2n) is 8.21. The van der Waals surface area contributed by atoms with Crippen molar-refractivity contribution in [3.8, 4) is 11.5 Å². The molecule has 4 rings (SSSR count). The van der Waals surface area contributed by atoms with Crippen LogP contribution in [0.1, 0.15) is 23.6 Å². The van der Waals surface area contributed by atoms with Gasteiger partial charge in [-0.25, -0.2) is 9.69 Å². The van der Waals surface area contributed by atoms with Crippen molar-refractivity contribution >= 4 is 45.5 Å². The third-order valence-electron chi connectivity index (χ3n) is 5.52. The Bertz CT molecular complexity index is 1320. The fraction of sp³-hybridized carbons (Fsp3) is 0.179. The van der Waals surface area contributed by atoms with Gasteiger partial charge in [0.15, 0.2) is 0 Å². The van der Waals surface area contributed by atoms with Crippen LogP contribution in [-0.4, -0.2) is 31.1 Å². The van der Waals surface area contributed by atoms with Crippen molar-refractivity contribution in [3.05, 3.63) is 93.5 Å². The molecule has 0 unspecified atom stereocenters. The van der Waals surface area contributed by atoms with E-state index in [0.717, 1.165) is 27.1 Å². The fourth-order valence-electron chi connectivity index (χ4n) is 3.74. The first-order valence-electron chi connectivity index (χ1n) is 11.5. The number of nitrogens with zero attached hydrogens (tertiary/aromatic N) is 1. The Balaban J connectivity index is 1.38. The van der Waals surface area contributed by atoms with Crippen LogP contribution in [0.2, 0.25) is 0 Å². The summed E-state index contributed by atoms with van der Waals surface area (Å²) in [6.07, 6.45) is 2.40. The standard InChI is InChI=1S/C28H25BrN2O5/c1-3-19-14-18(2)15-24(16-19)36-13-12-35-23-10-4-20(5-11-23)17-25-26(32)30-28(34)31(27(25)33)22-8-6-21(29)7-9-22/h4-11,14-17H,3,12-13H2,1-2H3,(H,30,32,34)/b25-17-. The van der Waals surface area contributed by atoms with Gasteiger partial charge >= 0.3 is 6.03 Å². The molecule has 1 aliphatic rings. The van der Waals surface area contributed by atoms with Crippen LogP contribution in [0.4, 0.5) is 10.5 Å². The Morgan fingerprint density at radius 1 is 0.889 bits per heavy atom. The second kappa shape index (κ2) is 11.2. The molecule has 1 N–H and O–H groups in total. The van der Waals surface area contributed by atoms with Crippen molar-refractivity contribution in [2.75, 3.05) is 18.1 Å². The number of hydrogen-bond donors (Lipinski definition) is 1. The van der Waals surface area contributed by atoms with Crippen LogP contribution < -0.4 is 19.7 Å². The lowest BCUT2D eigenvalue weighted by Gasteiger charge is -2.26. The van der Waals surface area contributed by atoms with Crippen molar-refractivity contribution in [3.63, 3.8) is 0 Å². The zero-order valence-corrected chi connectivity index (χ0v) is 21.5. The number of amides is 4. The van der Waals surface area contributed by atoms with Gasteiger partial charge in [0.05, 0.1) is 5.69 Å². The van der Waals surface area contributed by atoms with Crippen molar-refractivity contribution < 1.29 is 23.9 Å². The zero-order chi connectivity index (χ0) is 25.7. The molecule has 0 aromatic heterocycles. The maximum atomic E-state index is 13.0. The van der Waals surface area contributed by atoms with Gasteiger partial charge in [0.2, 0.25) is 0 Å². The van der Waals surface area contributed by atoms with E-state index >= 15 is 0 Å². The van der Waals surface area contributed by atoms with Gasteiger partial charge < -0.3 is 9.47 Å². The van der Waals surface area contributed by atoms with Gasteiger partial charge in [-0.1, -0.05) is 41.1 Å². The van der Waals surface area contributed by atoms with Crippen LogP contribution >= 0.6 is 15.9 Å². The van der Waals surface area contributed by atoms with Crippen LogP contribution in [0, 0.1) is 6.92 Å². The van der Waals surface area contributed by atoms with E-state index < -0.39 is 17.8 Å². The van der Waals surface area contributed by atoms with E-state index in [-0.39, 0.29) is 5.57 Å². The molecule has 1 aliphatic heterocycles. The molecule has 7 nitrogen and oxygen atoms in total. The first-order valence-corrected chi connectivity index (χ1v) is 12.3. The molecular weight excluding hydrogens is 524 g/mol. The van der Waals surface area contributed by atoms with Crippen molar-refractivity contribution in [2.24, 2.45) is 0 Å². The zero-order valence-electron chi connectivity index (χ0n) is 19.9. The molecule has 8 heteroatoms. The average molecular weight is 549 g/mol. The smallest absolute Gasteiger partial charge is 0.335 e. The number of rotatable bonds is 8. The topological polar surface area (TPSA) is 84.9 Å². The monoisotopic (exact) mass is 548 g/mol. The lowest BCUT2D eigenvalue weighted by atomic mass is 10.1. The first kappa shape index (κ1) is 25.2. The third kappa shape index (κ3) is 6.01. The second-order valence-corrected chi connectivity index (χ2v) is 9.12. The maximum absolute atomic E-state index is 13.0. The summed E-state index contributed by atoms with van der Waals surface area (Å²) in [5.41, 5.74) is 3.23. The van der Waals surface area contributed by atoms with E-state index in [1.165, 1.54) is 11.6 Å². The number of halogens is 1. The number of nitrogens with one attached hydrogen (secondary N) is 1. The van der Waals surface area contributed by atoms with Crippen molar-refractivity contribution in [1.82, 2.24) is 5.32 Å². The molecular formula is C28H25BrN2O5. The predicted octanol–water partition coefficient (Wildman–Crippen LogP) is 5.44. The van der Waals surface area contributed by atoms with E-state index in [0.29, 0.717) is 30.2 Å². The summed E-state index contributed by atoms with van der Waals surface area (Å²) < 4.78 is 12.4. The molecule has 3 aromatic rings. The minimum atomic E-state index is -0.785. The van der Waals surface area contributed by atoms with E-state index in [9.17, 15) is 14.4 Å². The summed E-state index contributed by atoms with van der Waals surface area (Å²) in [4.78, 5) is 38.6. The molecule has 1 saturated heterocycles. The number of ether oxygens (including phenoxy) is 2. The SMILES string of the molecule is CCc1cc(C)cc(OCCOc2ccc(/C=C3/C(=O)NC(=O)N(c4ccc(Br)cc4)C3=O)cc2)c1. The quantitative estimate of drug-likeness (QED) is 0.230. The van der Waals surface area contributed by atoms with Crippen molar-refractivity contribution in [1.29, 1.82) is 0 Å². The minimum absolute atomic E-state index is 0.135. The Morgan fingerprint density at radius 3 is 2.22 bits per heavy atom. The Hall–Kier alpha value is -3.91. The van der Waals surface area contributed by atoms with E-state index in [1.54, 1.807) is 48.5 Å². The lowest BCUT2D eigenvalue weighted by Crippen LogP contribution is -2.54. The molecule has 0 aliphatic carbocycles. The summed E-state index contributed by atoms with van der Waals surface area (Å²) in [5, 5.41) is 2.22. The van der Waals surface area contributed by atoms with Gasteiger partial charge in [0.25, 0.3) is 11.8 Å². The number of anilines is 1. The summed E-state index contributed by atoms with van der Waals surface area (Å²) in [6, 6.07) is 19.0. The molecule has 0 atom stereocenters. The van der Waals surface area contributed by atoms with Crippen LogP contribution in [0.25, 0.3) is 6.08 Å². The van der Waals surface area contributed by atoms with Crippen LogP contribution in [0.3, 0.4) is 0 Å². The average Bonchev–Trinajstić information content (AvgIpc) is 2.86. The van der Waals surface area contributed by atoms with Crippen molar-refractivity contribution in [2.45, 2.75) is 20.3 Å². The highest BCUT2D eigenvalue weighted by molar-refractivity contribution is 9.10. The molecule has 4 amide bonds. The molecule has 3 aromatic carbocycles. The first-order chi connectivity index (χ1) is 17.3. The number of carbonyl (C=O) groups excluding carboxylic acids is 3. The predicted molar refractivity (Wildman–Crippen MR) is 141 cm³/mol. The summed E-state index contributed by atoms with van der Waals surface area (Å²) in [5.74, 6) is 0.0259. The Morgan fingerprint density at radius 2 is 1.56 bits per heavy atom. The van der Waals surface area contributed by atoms with Gasteiger partial charge in [-0.3, -0.25) is 14.9 Å². The van der Waals surface area contributed by atoms with Crippen LogP contribution in [0.15, 0.2) is 76.8 Å². The number of barbiturate groups is 1. The van der Waals surface area contributed by atoms with E-state index in [1.807, 2.05) is 19.1 Å². The van der Waals surface area contributed by atoms with E-state index in [2.05, 4.69) is 34.2 Å². The Kier molecular flexibility index (Phi) is 7.85. The normalized spacial score (nSPS) is 14.7. The molecule has 184 valence electrons. The highest BCUT2D eigenvalue weighted by Gasteiger charge is 2.36. The van der Waals surface area contributed by atoms with Gasteiger partial charge in [0.1, 0.15) is 30.3 Å². The van der Waals surface area contributed by atoms with Crippen LogP contribution in [-0.2, 0) is 16.0 Å². The molecule has 0 bridgehead atoms. The number of benzene rings is 3. The van der Waals surface area contributed by atoms with Gasteiger partial charge in [-0.05, 0) is 84.6 Å². The third-order valence-corrected chi connectivity index (χ3v) is 6.05. The molecule has 36 heavy (non-hydrogen) atoms. The lowest BCUT2D eigenvalue weighted by molar-refractivity contribution is -0.122. The maximum Gasteiger partial charge on any atom is 0.335 e. The van der Waals surface area contributed by atoms with E-state index in [4.69, 9.17) is 9.47 Å². The number of aryl methyl sites for hydroxylation is 2. The summed E-state index contributed by atoms with van der Waals surface area (Å²) in [7, 11) is 0. The number of urea groups is 1.